The maximum atomic E-state index is 12.5. The number of fused-ring (bicyclic) bond motifs is 1. The highest BCUT2D eigenvalue weighted by Crippen LogP contribution is 2.70. The van der Waals surface area contributed by atoms with E-state index in [0.29, 0.717) is 24.9 Å². The summed E-state index contributed by atoms with van der Waals surface area (Å²) >= 11 is 0. The summed E-state index contributed by atoms with van der Waals surface area (Å²) in [7, 11) is 1.64. The van der Waals surface area contributed by atoms with E-state index in [1.807, 2.05) is 13.0 Å². The summed E-state index contributed by atoms with van der Waals surface area (Å²) < 4.78 is 11.6. The van der Waals surface area contributed by atoms with Gasteiger partial charge in [-0.3, -0.25) is 4.79 Å². The molecule has 2 N–H and O–H groups in total. The first kappa shape index (κ1) is 19.6. The van der Waals surface area contributed by atoms with E-state index >= 15 is 0 Å². The van der Waals surface area contributed by atoms with Gasteiger partial charge >= 0.3 is 0 Å². The quantitative estimate of drug-likeness (QED) is 0.795. The van der Waals surface area contributed by atoms with Crippen molar-refractivity contribution in [3.05, 3.63) is 23.8 Å². The van der Waals surface area contributed by atoms with Crippen LogP contribution in [0.5, 0.6) is 11.5 Å². The van der Waals surface area contributed by atoms with Gasteiger partial charge in [-0.1, -0.05) is 20.8 Å². The standard InChI is InChI=1S/C23H33NO4/c1-5-6-19(26)24-21-22(2,3)14-11-17-20(28-10-9-23(17,21)13-14)16-12-15(27-4)7-8-18(16)25/h7-8,12,14,17,20-21,25H,5-6,9-11,13H2,1-4H3,(H,24,26)/t14-,17-,20-,21+,23-/m1/s1. The Labute approximate surface area is 167 Å². The Kier molecular flexibility index (Phi) is 4.85. The van der Waals surface area contributed by atoms with E-state index in [4.69, 9.17) is 9.47 Å². The number of ether oxygens (including phenoxy) is 2. The number of carbonyl (C=O) groups excluding carboxylic acids is 1. The van der Waals surface area contributed by atoms with Crippen LogP contribution in [0.15, 0.2) is 18.2 Å². The van der Waals surface area contributed by atoms with E-state index in [9.17, 15) is 9.90 Å². The highest BCUT2D eigenvalue weighted by Gasteiger charge is 2.68. The normalized spacial score (nSPS) is 35.4. The number of aromatic hydroxyl groups is 1. The topological polar surface area (TPSA) is 67.8 Å². The van der Waals surface area contributed by atoms with Crippen molar-refractivity contribution in [2.24, 2.45) is 22.7 Å². The molecular weight excluding hydrogens is 354 g/mol. The minimum absolute atomic E-state index is 0.0377. The molecule has 3 aliphatic rings. The number of benzene rings is 1. The summed E-state index contributed by atoms with van der Waals surface area (Å²) in [5, 5.41) is 14.0. The minimum Gasteiger partial charge on any atom is -0.508 e. The Hall–Kier alpha value is -1.75. The van der Waals surface area contributed by atoms with Gasteiger partial charge in [-0.15, -0.1) is 0 Å². The molecule has 1 aliphatic heterocycles. The smallest absolute Gasteiger partial charge is 0.220 e. The van der Waals surface area contributed by atoms with Crippen LogP contribution >= 0.6 is 0 Å². The summed E-state index contributed by atoms with van der Waals surface area (Å²) in [5.41, 5.74) is 0.932. The predicted molar refractivity (Wildman–Crippen MR) is 107 cm³/mol. The molecule has 154 valence electrons. The van der Waals surface area contributed by atoms with Crippen LogP contribution in [0.25, 0.3) is 0 Å². The third-order valence-electron chi connectivity index (χ3n) is 7.83. The highest BCUT2D eigenvalue weighted by atomic mass is 16.5. The van der Waals surface area contributed by atoms with Crippen LogP contribution < -0.4 is 10.1 Å². The van der Waals surface area contributed by atoms with Gasteiger partial charge in [-0.05, 0) is 66.5 Å². The van der Waals surface area contributed by atoms with Crippen molar-refractivity contribution < 1.29 is 19.4 Å². The first-order valence-electron chi connectivity index (χ1n) is 10.6. The van der Waals surface area contributed by atoms with Crippen LogP contribution in [0, 0.1) is 22.7 Å². The lowest BCUT2D eigenvalue weighted by atomic mass is 9.58. The molecule has 2 aliphatic carbocycles. The van der Waals surface area contributed by atoms with Crippen LogP contribution in [0.2, 0.25) is 0 Å². The third kappa shape index (κ3) is 2.81. The molecule has 2 saturated carbocycles. The number of phenols is 1. The predicted octanol–water partition coefficient (Wildman–Crippen LogP) is 4.20. The maximum Gasteiger partial charge on any atom is 0.220 e. The number of methoxy groups -OCH3 is 1. The van der Waals surface area contributed by atoms with Crippen LogP contribution in [0.1, 0.15) is 64.5 Å². The van der Waals surface area contributed by atoms with Crippen LogP contribution in [-0.4, -0.2) is 30.8 Å². The van der Waals surface area contributed by atoms with Crippen molar-refractivity contribution in [1.29, 1.82) is 0 Å². The van der Waals surface area contributed by atoms with Gasteiger partial charge in [0.2, 0.25) is 5.91 Å². The monoisotopic (exact) mass is 387 g/mol. The number of hydrogen-bond donors (Lipinski definition) is 2. The SMILES string of the molecule is CCCC(=O)N[C@H]1C(C)(C)[C@@H]2C[C@@H]3[C@@H](c4cc(OC)ccc4O)OCC[C@@]31C2. The minimum atomic E-state index is -0.157. The molecule has 1 spiro atoms. The molecule has 1 saturated heterocycles. The molecule has 0 radical (unpaired) electrons. The van der Waals surface area contributed by atoms with Crippen molar-refractivity contribution >= 4 is 5.91 Å². The lowest BCUT2D eigenvalue weighted by Gasteiger charge is -2.53. The van der Waals surface area contributed by atoms with Crippen LogP contribution in [0.3, 0.4) is 0 Å². The van der Waals surface area contributed by atoms with E-state index in [-0.39, 0.29) is 34.6 Å². The summed E-state index contributed by atoms with van der Waals surface area (Å²) in [6, 6.07) is 5.52. The zero-order chi connectivity index (χ0) is 20.1. The zero-order valence-electron chi connectivity index (χ0n) is 17.5. The number of amides is 1. The van der Waals surface area contributed by atoms with Gasteiger partial charge in [0.15, 0.2) is 0 Å². The number of phenolic OH excluding ortho intramolecular Hbond substituents is 1. The first-order chi connectivity index (χ1) is 13.3. The van der Waals surface area contributed by atoms with Crippen molar-refractivity contribution in [1.82, 2.24) is 5.32 Å². The van der Waals surface area contributed by atoms with E-state index in [0.717, 1.165) is 37.0 Å². The first-order valence-corrected chi connectivity index (χ1v) is 10.6. The molecule has 28 heavy (non-hydrogen) atoms. The Bertz CT molecular complexity index is 761. The highest BCUT2D eigenvalue weighted by molar-refractivity contribution is 5.76. The van der Waals surface area contributed by atoms with Crippen molar-refractivity contribution in [2.45, 2.75) is 65.0 Å². The Morgan fingerprint density at radius 2 is 2.18 bits per heavy atom. The van der Waals surface area contributed by atoms with Crippen molar-refractivity contribution in [3.63, 3.8) is 0 Å². The Morgan fingerprint density at radius 3 is 2.89 bits per heavy atom. The molecule has 5 nitrogen and oxygen atoms in total. The number of nitrogens with one attached hydrogen (secondary N) is 1. The lowest BCUT2D eigenvalue weighted by molar-refractivity contribution is -0.137. The molecule has 3 fully saturated rings. The molecule has 1 amide bonds. The maximum absolute atomic E-state index is 12.5. The van der Waals surface area contributed by atoms with E-state index < -0.39 is 0 Å². The molecule has 5 heteroatoms. The van der Waals surface area contributed by atoms with E-state index in [1.165, 1.54) is 0 Å². The number of carbonyl (C=O) groups is 1. The Morgan fingerprint density at radius 1 is 1.39 bits per heavy atom. The van der Waals surface area contributed by atoms with Gasteiger partial charge in [-0.25, -0.2) is 0 Å². The molecule has 5 atom stereocenters. The molecule has 1 aromatic rings. The average Bonchev–Trinajstić information content (AvgIpc) is 3.15. The number of hydrogen-bond acceptors (Lipinski definition) is 4. The summed E-state index contributed by atoms with van der Waals surface area (Å²) in [6.45, 7) is 7.32. The zero-order valence-corrected chi connectivity index (χ0v) is 17.5. The summed E-state index contributed by atoms with van der Waals surface area (Å²) in [4.78, 5) is 12.5. The second-order valence-electron chi connectivity index (χ2n) is 9.51. The fourth-order valence-electron chi connectivity index (χ4n) is 6.44. The van der Waals surface area contributed by atoms with Crippen LogP contribution in [-0.2, 0) is 9.53 Å². The van der Waals surface area contributed by atoms with Gasteiger partial charge in [0.25, 0.3) is 0 Å². The van der Waals surface area contributed by atoms with Crippen molar-refractivity contribution in [3.8, 4) is 11.5 Å². The van der Waals surface area contributed by atoms with Gasteiger partial charge in [0.1, 0.15) is 11.5 Å². The fraction of sp³-hybridized carbons (Fsp3) is 0.696. The van der Waals surface area contributed by atoms with Gasteiger partial charge in [0.05, 0.1) is 13.2 Å². The van der Waals surface area contributed by atoms with Gasteiger partial charge in [-0.2, -0.15) is 0 Å². The molecule has 2 bridgehead atoms. The molecule has 1 aromatic carbocycles. The molecule has 0 aromatic heterocycles. The van der Waals surface area contributed by atoms with E-state index in [1.54, 1.807) is 19.2 Å². The van der Waals surface area contributed by atoms with Gasteiger partial charge < -0.3 is 19.9 Å². The van der Waals surface area contributed by atoms with Crippen LogP contribution in [0.4, 0.5) is 0 Å². The summed E-state index contributed by atoms with van der Waals surface area (Å²) in [5.74, 6) is 2.00. The average molecular weight is 388 g/mol. The van der Waals surface area contributed by atoms with Gasteiger partial charge in [0, 0.05) is 24.6 Å². The molecular formula is C23H33NO4. The fourth-order valence-corrected chi connectivity index (χ4v) is 6.44. The lowest BCUT2D eigenvalue weighted by Crippen LogP contribution is -2.58. The second-order valence-corrected chi connectivity index (χ2v) is 9.51. The second kappa shape index (κ2) is 6.94. The number of rotatable bonds is 5. The van der Waals surface area contributed by atoms with E-state index in [2.05, 4.69) is 19.2 Å². The van der Waals surface area contributed by atoms with Crippen molar-refractivity contribution in [2.75, 3.05) is 13.7 Å². The molecule has 4 rings (SSSR count). The largest absolute Gasteiger partial charge is 0.508 e. The Balaban J connectivity index is 1.69. The molecule has 1 heterocycles. The molecule has 0 unspecified atom stereocenters. The third-order valence-corrected chi connectivity index (χ3v) is 7.83. The summed E-state index contributed by atoms with van der Waals surface area (Å²) in [6.07, 6.45) is 4.46.